The molecular formula is C17H20ClN3O2S. The van der Waals surface area contributed by atoms with E-state index >= 15 is 0 Å². The second kappa shape index (κ2) is 6.99. The molecule has 7 heteroatoms. The molecule has 0 aliphatic heterocycles. The Balaban J connectivity index is 2.04. The SMILES string of the molecule is Cc1ccc(C)n1-c1sc2c(c1C(=O)NNC(=O)CCl)CCCC2. The molecule has 5 nitrogen and oxygen atoms in total. The first-order valence-electron chi connectivity index (χ1n) is 7.98. The molecule has 0 saturated heterocycles. The summed E-state index contributed by atoms with van der Waals surface area (Å²) in [6.45, 7) is 4.06. The summed E-state index contributed by atoms with van der Waals surface area (Å²) in [6, 6.07) is 4.09. The molecule has 24 heavy (non-hydrogen) atoms. The molecular weight excluding hydrogens is 346 g/mol. The Bertz CT molecular complexity index is 775. The third-order valence-corrected chi connectivity index (χ3v) is 5.81. The summed E-state index contributed by atoms with van der Waals surface area (Å²) in [4.78, 5) is 25.4. The minimum atomic E-state index is -0.427. The van der Waals surface area contributed by atoms with Gasteiger partial charge in [0.25, 0.3) is 11.8 Å². The highest BCUT2D eigenvalue weighted by Crippen LogP contribution is 2.38. The van der Waals surface area contributed by atoms with Gasteiger partial charge in [-0.05, 0) is 57.2 Å². The lowest BCUT2D eigenvalue weighted by Gasteiger charge is -2.14. The second-order valence-corrected chi connectivity index (χ2v) is 7.33. The lowest BCUT2D eigenvalue weighted by molar-refractivity contribution is -0.119. The van der Waals surface area contributed by atoms with Crippen molar-refractivity contribution in [2.75, 3.05) is 5.88 Å². The Hall–Kier alpha value is -1.79. The Morgan fingerprint density at radius 1 is 1.17 bits per heavy atom. The van der Waals surface area contributed by atoms with Crippen LogP contribution in [0.4, 0.5) is 0 Å². The highest BCUT2D eigenvalue weighted by Gasteiger charge is 2.27. The van der Waals surface area contributed by atoms with Crippen molar-refractivity contribution < 1.29 is 9.59 Å². The summed E-state index contributed by atoms with van der Waals surface area (Å²) in [7, 11) is 0. The van der Waals surface area contributed by atoms with Crippen LogP contribution in [0.5, 0.6) is 0 Å². The van der Waals surface area contributed by atoms with E-state index in [2.05, 4.69) is 15.4 Å². The van der Waals surface area contributed by atoms with Crippen molar-refractivity contribution in [1.29, 1.82) is 0 Å². The zero-order chi connectivity index (χ0) is 17.3. The van der Waals surface area contributed by atoms with E-state index in [1.54, 1.807) is 11.3 Å². The first kappa shape index (κ1) is 17.0. The number of aromatic nitrogens is 1. The third kappa shape index (κ3) is 3.08. The second-order valence-electron chi connectivity index (χ2n) is 5.98. The maximum atomic E-state index is 12.8. The lowest BCUT2D eigenvalue weighted by atomic mass is 9.95. The molecule has 1 aliphatic carbocycles. The average Bonchev–Trinajstić information content (AvgIpc) is 3.11. The predicted octanol–water partition coefficient (Wildman–Crippen LogP) is 3.03. The highest BCUT2D eigenvalue weighted by molar-refractivity contribution is 7.15. The molecule has 2 aromatic heterocycles. The first-order valence-corrected chi connectivity index (χ1v) is 9.33. The smallest absolute Gasteiger partial charge is 0.272 e. The van der Waals surface area contributed by atoms with Crippen LogP contribution in [-0.2, 0) is 17.6 Å². The van der Waals surface area contributed by atoms with Crippen molar-refractivity contribution in [3.05, 3.63) is 39.5 Å². The monoisotopic (exact) mass is 365 g/mol. The molecule has 0 bridgehead atoms. The molecule has 1 aliphatic rings. The zero-order valence-corrected chi connectivity index (χ0v) is 15.3. The number of carbonyl (C=O) groups excluding carboxylic acids is 2. The van der Waals surface area contributed by atoms with Gasteiger partial charge in [0.05, 0.1) is 5.56 Å². The molecule has 0 saturated carbocycles. The Kier molecular flexibility index (Phi) is 4.96. The molecule has 0 spiro atoms. The number of thiophene rings is 1. The number of carbonyl (C=O) groups is 2. The third-order valence-electron chi connectivity index (χ3n) is 4.29. The number of nitrogens with zero attached hydrogens (tertiary/aromatic N) is 1. The minimum absolute atomic E-state index is 0.190. The van der Waals surface area contributed by atoms with Gasteiger partial charge in [0.15, 0.2) is 0 Å². The van der Waals surface area contributed by atoms with Crippen molar-refractivity contribution in [1.82, 2.24) is 15.4 Å². The normalized spacial score (nSPS) is 13.5. The van der Waals surface area contributed by atoms with Gasteiger partial charge in [-0.15, -0.1) is 22.9 Å². The van der Waals surface area contributed by atoms with Gasteiger partial charge in [-0.3, -0.25) is 20.4 Å². The largest absolute Gasteiger partial charge is 0.309 e. The van der Waals surface area contributed by atoms with Crippen LogP contribution in [0.2, 0.25) is 0 Å². The topological polar surface area (TPSA) is 63.1 Å². The van der Waals surface area contributed by atoms with Gasteiger partial charge in [0.2, 0.25) is 0 Å². The number of nitrogens with one attached hydrogen (secondary N) is 2. The Labute approximate surface area is 150 Å². The molecule has 0 fully saturated rings. The fraction of sp³-hybridized carbons (Fsp3) is 0.412. The van der Waals surface area contributed by atoms with E-state index in [4.69, 9.17) is 11.6 Å². The molecule has 2 N–H and O–H groups in total. The number of halogens is 1. The van der Waals surface area contributed by atoms with Crippen LogP contribution in [0.3, 0.4) is 0 Å². The summed E-state index contributed by atoms with van der Waals surface area (Å²) >= 11 is 7.14. The molecule has 2 heterocycles. The van der Waals surface area contributed by atoms with Gasteiger partial charge in [-0.25, -0.2) is 0 Å². The quantitative estimate of drug-likeness (QED) is 0.648. The lowest BCUT2D eigenvalue weighted by Crippen LogP contribution is -2.42. The van der Waals surface area contributed by atoms with Gasteiger partial charge in [-0.2, -0.15) is 0 Å². The molecule has 0 radical (unpaired) electrons. The van der Waals surface area contributed by atoms with Crippen molar-refractivity contribution in [3.63, 3.8) is 0 Å². The average molecular weight is 366 g/mol. The number of hydrazine groups is 1. The van der Waals surface area contributed by atoms with Crippen molar-refractivity contribution in [3.8, 4) is 5.00 Å². The molecule has 2 aromatic rings. The highest BCUT2D eigenvalue weighted by atomic mass is 35.5. The minimum Gasteiger partial charge on any atom is -0.309 e. The number of rotatable bonds is 3. The number of fused-ring (bicyclic) bond motifs is 1. The van der Waals surface area contributed by atoms with Crippen LogP contribution >= 0.6 is 22.9 Å². The molecule has 0 atom stereocenters. The summed E-state index contributed by atoms with van der Waals surface area (Å²) in [5.74, 6) is -0.899. The van der Waals surface area contributed by atoms with Crippen LogP contribution in [-0.4, -0.2) is 22.3 Å². The summed E-state index contributed by atoms with van der Waals surface area (Å²) in [5.41, 5.74) is 8.82. The first-order chi connectivity index (χ1) is 11.5. The summed E-state index contributed by atoms with van der Waals surface area (Å²) in [6.07, 6.45) is 4.15. The molecule has 0 unspecified atom stereocenters. The van der Waals surface area contributed by atoms with E-state index in [0.717, 1.165) is 47.6 Å². The van der Waals surface area contributed by atoms with E-state index in [1.165, 1.54) is 4.88 Å². The molecule has 128 valence electrons. The van der Waals surface area contributed by atoms with Crippen LogP contribution < -0.4 is 10.9 Å². The predicted molar refractivity (Wildman–Crippen MR) is 96.1 cm³/mol. The van der Waals surface area contributed by atoms with Crippen molar-refractivity contribution in [2.24, 2.45) is 0 Å². The standard InChI is InChI=1S/C17H20ClN3O2S/c1-10-7-8-11(2)21(10)17-15(16(23)20-19-14(22)9-18)12-5-3-4-6-13(12)24-17/h7-8H,3-6,9H2,1-2H3,(H,19,22)(H,20,23). The van der Waals surface area contributed by atoms with E-state index in [9.17, 15) is 9.59 Å². The molecule has 2 amide bonds. The van der Waals surface area contributed by atoms with E-state index in [-0.39, 0.29) is 11.8 Å². The van der Waals surface area contributed by atoms with Gasteiger partial charge in [0, 0.05) is 16.3 Å². The fourth-order valence-corrected chi connectivity index (χ4v) is 4.73. The van der Waals surface area contributed by atoms with Gasteiger partial charge in [-0.1, -0.05) is 0 Å². The van der Waals surface area contributed by atoms with Crippen LogP contribution in [0.15, 0.2) is 12.1 Å². The zero-order valence-electron chi connectivity index (χ0n) is 13.7. The van der Waals surface area contributed by atoms with Crippen molar-refractivity contribution in [2.45, 2.75) is 39.5 Å². The van der Waals surface area contributed by atoms with E-state index in [0.29, 0.717) is 5.56 Å². The van der Waals surface area contributed by atoms with Gasteiger partial charge < -0.3 is 4.57 Å². The number of aryl methyl sites for hydroxylation is 3. The summed E-state index contributed by atoms with van der Waals surface area (Å²) < 4.78 is 2.11. The Morgan fingerprint density at radius 2 is 1.83 bits per heavy atom. The number of alkyl halides is 1. The molecule has 0 aromatic carbocycles. The maximum absolute atomic E-state index is 12.8. The number of hydrogen-bond donors (Lipinski definition) is 2. The van der Waals surface area contributed by atoms with Crippen LogP contribution in [0.1, 0.15) is 45.0 Å². The van der Waals surface area contributed by atoms with E-state index in [1.807, 2.05) is 26.0 Å². The maximum Gasteiger partial charge on any atom is 0.272 e. The summed E-state index contributed by atoms with van der Waals surface area (Å²) in [5, 5.41) is 0.930. The number of amides is 2. The number of hydrogen-bond acceptors (Lipinski definition) is 3. The van der Waals surface area contributed by atoms with Crippen LogP contribution in [0.25, 0.3) is 5.00 Å². The Morgan fingerprint density at radius 3 is 2.50 bits per heavy atom. The van der Waals surface area contributed by atoms with Crippen LogP contribution in [0, 0.1) is 13.8 Å². The van der Waals surface area contributed by atoms with Gasteiger partial charge >= 0.3 is 0 Å². The molecule has 3 rings (SSSR count). The van der Waals surface area contributed by atoms with E-state index < -0.39 is 5.91 Å². The van der Waals surface area contributed by atoms with Gasteiger partial charge in [0.1, 0.15) is 10.9 Å². The fourth-order valence-electron chi connectivity index (χ4n) is 3.15. The van der Waals surface area contributed by atoms with Crippen molar-refractivity contribution >= 4 is 34.8 Å².